The summed E-state index contributed by atoms with van der Waals surface area (Å²) in [6.07, 6.45) is 4.37. The van der Waals surface area contributed by atoms with Gasteiger partial charge in [-0.25, -0.2) is 4.57 Å². The molecule has 0 atom stereocenters. The molecule has 0 radical (unpaired) electrons. The molecule has 0 fully saturated rings. The van der Waals surface area contributed by atoms with Gasteiger partial charge in [-0.3, -0.25) is 0 Å². The summed E-state index contributed by atoms with van der Waals surface area (Å²) >= 11 is 0. The zero-order chi connectivity index (χ0) is 20.1. The third kappa shape index (κ3) is 2.79. The highest BCUT2D eigenvalue weighted by Crippen LogP contribution is 2.22. The molecule has 0 saturated carbocycles. The van der Waals surface area contributed by atoms with E-state index in [9.17, 15) is 0 Å². The van der Waals surface area contributed by atoms with Gasteiger partial charge in [0, 0.05) is 28.4 Å². The minimum absolute atomic E-state index is 0.150. The zero-order valence-electron chi connectivity index (χ0n) is 17.3. The SMILES string of the molecule is CC1=c2c(oc3ccccc23)=CN(C)B1c1cc(-c2ccccc2)c(C)c[n+]1C. The van der Waals surface area contributed by atoms with E-state index in [-0.39, 0.29) is 6.85 Å². The van der Waals surface area contributed by atoms with Gasteiger partial charge in [-0.05, 0) is 38.1 Å². The molecule has 0 aliphatic carbocycles. The molecule has 0 amide bonds. The van der Waals surface area contributed by atoms with E-state index >= 15 is 0 Å². The molecule has 1 aliphatic heterocycles. The van der Waals surface area contributed by atoms with Gasteiger partial charge < -0.3 is 9.23 Å². The molecule has 2 aromatic carbocycles. The summed E-state index contributed by atoms with van der Waals surface area (Å²) in [5.41, 5.74) is 8.28. The first kappa shape index (κ1) is 17.8. The molecule has 2 aromatic heterocycles. The Labute approximate surface area is 171 Å². The van der Waals surface area contributed by atoms with E-state index in [0.717, 1.165) is 11.0 Å². The lowest BCUT2D eigenvalue weighted by molar-refractivity contribution is -0.654. The summed E-state index contributed by atoms with van der Waals surface area (Å²) in [6, 6.07) is 21.3. The lowest BCUT2D eigenvalue weighted by Gasteiger charge is -2.25. The van der Waals surface area contributed by atoms with E-state index in [1.54, 1.807) is 0 Å². The van der Waals surface area contributed by atoms with Crippen molar-refractivity contribution in [1.29, 1.82) is 0 Å². The standard InChI is InChI=1S/C25H24BN2O/c1-17-15-27(3)24(14-21(17)19-10-6-5-7-11-19)26-18(2)25-20-12-8-9-13-22(20)29-23(25)16-28(26)4/h5-16H,1-4H3/q+1. The Bertz CT molecular complexity index is 1360. The topological polar surface area (TPSA) is 20.3 Å². The van der Waals surface area contributed by atoms with E-state index in [4.69, 9.17) is 4.42 Å². The second-order valence-corrected chi connectivity index (χ2v) is 7.99. The summed E-state index contributed by atoms with van der Waals surface area (Å²) in [5.74, 6) is 0. The average Bonchev–Trinajstić information content (AvgIpc) is 3.08. The Morgan fingerprint density at radius 3 is 2.48 bits per heavy atom. The fourth-order valence-electron chi connectivity index (χ4n) is 4.69. The maximum Gasteiger partial charge on any atom is 0.399 e. The van der Waals surface area contributed by atoms with Crippen molar-refractivity contribution in [2.75, 3.05) is 7.05 Å². The molecule has 0 saturated heterocycles. The first-order valence-electron chi connectivity index (χ1n) is 10.0. The summed E-state index contributed by atoms with van der Waals surface area (Å²) < 4.78 is 8.39. The van der Waals surface area contributed by atoms with Gasteiger partial charge in [-0.1, -0.05) is 54.0 Å². The van der Waals surface area contributed by atoms with Gasteiger partial charge in [-0.15, -0.1) is 0 Å². The minimum Gasteiger partial charge on any atom is -0.455 e. The normalized spacial score (nSPS) is 13.6. The fourth-order valence-corrected chi connectivity index (χ4v) is 4.69. The van der Waals surface area contributed by atoms with Crippen molar-refractivity contribution >= 4 is 35.1 Å². The van der Waals surface area contributed by atoms with Crippen LogP contribution in [0.2, 0.25) is 0 Å². The van der Waals surface area contributed by atoms with Crippen molar-refractivity contribution in [2.45, 2.75) is 13.8 Å². The number of benzene rings is 2. The summed E-state index contributed by atoms with van der Waals surface area (Å²) in [4.78, 5) is 2.26. The molecular weight excluding hydrogens is 355 g/mol. The van der Waals surface area contributed by atoms with Crippen molar-refractivity contribution in [3.8, 4) is 11.1 Å². The van der Waals surface area contributed by atoms with Gasteiger partial charge in [0.15, 0.2) is 11.8 Å². The molecule has 0 bridgehead atoms. The highest BCUT2D eigenvalue weighted by atomic mass is 16.3. The van der Waals surface area contributed by atoms with Crippen molar-refractivity contribution in [3.63, 3.8) is 0 Å². The molecule has 29 heavy (non-hydrogen) atoms. The number of nitrogens with zero attached hydrogens (tertiary/aromatic N) is 2. The number of para-hydroxylation sites is 1. The second kappa shape index (κ2) is 6.66. The second-order valence-electron chi connectivity index (χ2n) is 7.99. The molecule has 142 valence electrons. The summed E-state index contributed by atoms with van der Waals surface area (Å²) in [7, 11) is 4.27. The van der Waals surface area contributed by atoms with E-state index < -0.39 is 0 Å². The molecule has 0 unspecified atom stereocenters. The highest BCUT2D eigenvalue weighted by Gasteiger charge is 2.35. The lowest BCUT2D eigenvalue weighted by atomic mass is 9.49. The first-order chi connectivity index (χ1) is 14.0. The van der Waals surface area contributed by atoms with Crippen LogP contribution in [-0.4, -0.2) is 18.7 Å². The predicted octanol–water partition coefficient (Wildman–Crippen LogP) is 2.52. The number of hydrogen-bond acceptors (Lipinski definition) is 2. The van der Waals surface area contributed by atoms with Crippen LogP contribution in [0.15, 0.2) is 71.3 Å². The number of hydrogen-bond donors (Lipinski definition) is 0. The number of pyridine rings is 1. The van der Waals surface area contributed by atoms with Gasteiger partial charge in [-0.2, -0.15) is 0 Å². The largest absolute Gasteiger partial charge is 0.455 e. The molecule has 4 heteroatoms. The van der Waals surface area contributed by atoms with E-state index in [0.29, 0.717) is 0 Å². The number of fused-ring (bicyclic) bond motifs is 3. The Morgan fingerprint density at radius 2 is 1.69 bits per heavy atom. The van der Waals surface area contributed by atoms with Crippen molar-refractivity contribution in [3.05, 3.63) is 83.1 Å². The lowest BCUT2D eigenvalue weighted by Crippen LogP contribution is -2.62. The zero-order valence-corrected chi connectivity index (χ0v) is 17.3. The van der Waals surface area contributed by atoms with Crippen molar-refractivity contribution in [2.24, 2.45) is 7.05 Å². The molecule has 5 rings (SSSR count). The van der Waals surface area contributed by atoms with E-state index in [2.05, 4.69) is 98.2 Å². The average molecular weight is 379 g/mol. The van der Waals surface area contributed by atoms with E-state index in [1.165, 1.54) is 38.4 Å². The van der Waals surface area contributed by atoms with E-state index in [1.807, 2.05) is 12.1 Å². The Morgan fingerprint density at radius 1 is 0.966 bits per heavy atom. The highest BCUT2D eigenvalue weighted by molar-refractivity contribution is 6.85. The van der Waals surface area contributed by atoms with Crippen LogP contribution in [-0.2, 0) is 7.05 Å². The first-order valence-corrected chi connectivity index (χ1v) is 10.0. The fraction of sp³-hybridized carbons (Fsp3) is 0.160. The molecular formula is C25H24BN2O+. The number of rotatable bonds is 2. The monoisotopic (exact) mass is 379 g/mol. The van der Waals surface area contributed by atoms with Crippen LogP contribution in [0.5, 0.6) is 0 Å². The van der Waals surface area contributed by atoms with Crippen molar-refractivity contribution < 1.29 is 8.98 Å². The summed E-state index contributed by atoms with van der Waals surface area (Å²) in [5, 5.41) is 2.41. The van der Waals surface area contributed by atoms with Gasteiger partial charge in [0.1, 0.15) is 18.0 Å². The maximum atomic E-state index is 6.13. The molecule has 4 aromatic rings. The number of furan rings is 1. The van der Waals surface area contributed by atoms with Crippen LogP contribution in [0, 0.1) is 6.92 Å². The van der Waals surface area contributed by atoms with Gasteiger partial charge in [0.05, 0.1) is 0 Å². The van der Waals surface area contributed by atoms with Gasteiger partial charge in [0.2, 0.25) is 0 Å². The molecule has 3 heterocycles. The van der Waals surface area contributed by atoms with Crippen LogP contribution in [0.3, 0.4) is 0 Å². The Hall–Kier alpha value is -3.27. The smallest absolute Gasteiger partial charge is 0.399 e. The number of aromatic nitrogens is 1. The van der Waals surface area contributed by atoms with Gasteiger partial charge in [0.25, 0.3) is 0 Å². The predicted molar refractivity (Wildman–Crippen MR) is 120 cm³/mol. The van der Waals surface area contributed by atoms with Crippen LogP contribution in [0.1, 0.15) is 12.5 Å². The van der Waals surface area contributed by atoms with Gasteiger partial charge >= 0.3 is 6.85 Å². The maximum absolute atomic E-state index is 6.13. The molecule has 3 nitrogen and oxygen atoms in total. The Balaban J connectivity index is 1.76. The molecule has 0 spiro atoms. The van der Waals surface area contributed by atoms with Crippen LogP contribution in [0.4, 0.5) is 0 Å². The third-order valence-electron chi connectivity index (χ3n) is 6.03. The number of aryl methyl sites for hydroxylation is 2. The third-order valence-corrected chi connectivity index (χ3v) is 6.03. The van der Waals surface area contributed by atoms with Crippen LogP contribution in [0.25, 0.3) is 33.8 Å². The molecule has 1 aliphatic rings. The quantitative estimate of drug-likeness (QED) is 0.394. The van der Waals surface area contributed by atoms with Crippen LogP contribution >= 0.6 is 0 Å². The Kier molecular flexibility index (Phi) is 4.09. The molecule has 0 N–H and O–H groups in total. The minimum atomic E-state index is 0.150. The van der Waals surface area contributed by atoms with Crippen LogP contribution < -0.4 is 20.8 Å². The van der Waals surface area contributed by atoms with Crippen molar-refractivity contribution in [1.82, 2.24) is 4.81 Å². The summed E-state index contributed by atoms with van der Waals surface area (Å²) in [6.45, 7) is 4.56.